The summed E-state index contributed by atoms with van der Waals surface area (Å²) in [5, 5.41) is 8.12. The largest absolute Gasteiger partial charge is 0.384 e. The highest BCUT2D eigenvalue weighted by Gasteiger charge is 2.08. The molecule has 0 atom stereocenters. The minimum Gasteiger partial charge on any atom is -0.384 e. The Morgan fingerprint density at radius 1 is 1.42 bits per heavy atom. The molecule has 1 aromatic carbocycles. The van der Waals surface area contributed by atoms with Gasteiger partial charge in [-0.1, -0.05) is 23.2 Å². The van der Waals surface area contributed by atoms with Crippen LogP contribution in [0.1, 0.15) is 5.56 Å². The average molecular weight is 268 g/mol. The van der Waals surface area contributed by atoms with Crippen LogP contribution in [0.5, 0.6) is 0 Å². The van der Waals surface area contributed by atoms with Crippen LogP contribution in [0, 0.1) is 5.41 Å². The number of amidine groups is 1. The van der Waals surface area contributed by atoms with E-state index >= 15 is 0 Å². The minimum atomic E-state index is -0.0636. The molecular weight excluding hydrogens is 263 g/mol. The lowest BCUT2D eigenvalue weighted by Crippen LogP contribution is -2.11. The molecular formula is C7H5BrCl2N2. The summed E-state index contributed by atoms with van der Waals surface area (Å²) in [7, 11) is 0. The van der Waals surface area contributed by atoms with Gasteiger partial charge in [0.1, 0.15) is 5.84 Å². The fourth-order valence-electron chi connectivity index (χ4n) is 0.752. The lowest BCUT2D eigenvalue weighted by Gasteiger charge is -2.04. The van der Waals surface area contributed by atoms with Crippen molar-refractivity contribution in [1.82, 2.24) is 0 Å². The molecule has 5 heteroatoms. The van der Waals surface area contributed by atoms with E-state index in [1.807, 2.05) is 0 Å². The molecule has 0 saturated carbocycles. The first-order valence-corrected chi connectivity index (χ1v) is 4.56. The number of hydrogen-bond acceptors (Lipinski definition) is 1. The molecule has 2 nitrogen and oxygen atoms in total. The van der Waals surface area contributed by atoms with E-state index in [0.29, 0.717) is 20.1 Å². The summed E-state index contributed by atoms with van der Waals surface area (Å²) in [6.45, 7) is 0. The maximum atomic E-state index is 7.20. The summed E-state index contributed by atoms with van der Waals surface area (Å²) in [6, 6.07) is 3.17. The van der Waals surface area contributed by atoms with Crippen LogP contribution in [0.2, 0.25) is 10.0 Å². The highest BCUT2D eigenvalue weighted by Crippen LogP contribution is 2.29. The Morgan fingerprint density at radius 3 is 2.50 bits per heavy atom. The molecule has 12 heavy (non-hydrogen) atoms. The number of nitrogens with two attached hydrogens (primary N) is 1. The molecule has 0 unspecified atom stereocenters. The Hall–Kier alpha value is -0.250. The Bertz CT molecular complexity index is 338. The van der Waals surface area contributed by atoms with Crippen LogP contribution < -0.4 is 5.73 Å². The van der Waals surface area contributed by atoms with Crippen molar-refractivity contribution in [2.24, 2.45) is 5.73 Å². The van der Waals surface area contributed by atoms with E-state index in [-0.39, 0.29) is 5.84 Å². The second-order valence-electron chi connectivity index (χ2n) is 2.16. The molecule has 3 N–H and O–H groups in total. The number of halogens is 3. The molecule has 0 fully saturated rings. The zero-order chi connectivity index (χ0) is 9.30. The summed E-state index contributed by atoms with van der Waals surface area (Å²) < 4.78 is 0.598. The van der Waals surface area contributed by atoms with Crippen LogP contribution in [0.3, 0.4) is 0 Å². The zero-order valence-electron chi connectivity index (χ0n) is 5.87. The van der Waals surface area contributed by atoms with Gasteiger partial charge in [-0.15, -0.1) is 0 Å². The lowest BCUT2D eigenvalue weighted by atomic mass is 10.2. The van der Waals surface area contributed by atoms with Crippen molar-refractivity contribution in [2.75, 3.05) is 0 Å². The van der Waals surface area contributed by atoms with Gasteiger partial charge < -0.3 is 5.73 Å². The van der Waals surface area contributed by atoms with Gasteiger partial charge >= 0.3 is 0 Å². The van der Waals surface area contributed by atoms with Crippen molar-refractivity contribution in [3.8, 4) is 0 Å². The Morgan fingerprint density at radius 2 is 2.00 bits per heavy atom. The van der Waals surface area contributed by atoms with Crippen molar-refractivity contribution >= 4 is 45.0 Å². The maximum Gasteiger partial charge on any atom is 0.124 e. The van der Waals surface area contributed by atoms with Crippen LogP contribution in [0.15, 0.2) is 16.6 Å². The maximum absolute atomic E-state index is 7.20. The minimum absolute atomic E-state index is 0.0636. The van der Waals surface area contributed by atoms with Gasteiger partial charge in [0, 0.05) is 15.1 Å². The smallest absolute Gasteiger partial charge is 0.124 e. The molecule has 0 aliphatic heterocycles. The number of hydrogen-bond donors (Lipinski definition) is 2. The van der Waals surface area contributed by atoms with E-state index in [1.54, 1.807) is 12.1 Å². The molecule has 64 valence electrons. The van der Waals surface area contributed by atoms with E-state index in [1.165, 1.54) is 0 Å². The first-order chi connectivity index (χ1) is 5.52. The molecule has 1 rings (SSSR count). The predicted molar refractivity (Wildman–Crippen MR) is 55.2 cm³/mol. The number of benzene rings is 1. The van der Waals surface area contributed by atoms with Crippen LogP contribution >= 0.6 is 39.1 Å². The van der Waals surface area contributed by atoms with Gasteiger partial charge in [-0.3, -0.25) is 5.41 Å². The second-order valence-corrected chi connectivity index (χ2v) is 3.80. The van der Waals surface area contributed by atoms with Crippen LogP contribution in [0.25, 0.3) is 0 Å². The normalized spacial score (nSPS) is 9.92. The predicted octanol–water partition coefficient (Wildman–Crippen LogP) is 3.04. The molecule has 1 aromatic rings. The van der Waals surface area contributed by atoms with Gasteiger partial charge in [0.15, 0.2) is 0 Å². The van der Waals surface area contributed by atoms with Gasteiger partial charge in [0.25, 0.3) is 0 Å². The standard InChI is InChI=1S/C7H5BrCl2N2/c8-6-4(7(11)12)1-3(9)2-5(6)10/h1-2H,(H3,11,12). The van der Waals surface area contributed by atoms with Gasteiger partial charge in [-0.05, 0) is 28.1 Å². The SMILES string of the molecule is N=C(N)c1cc(Cl)cc(Cl)c1Br. The topological polar surface area (TPSA) is 49.9 Å². The third kappa shape index (κ3) is 1.91. The lowest BCUT2D eigenvalue weighted by molar-refractivity contribution is 1.41. The molecule has 0 saturated heterocycles. The molecule has 0 aliphatic carbocycles. The van der Waals surface area contributed by atoms with Crippen molar-refractivity contribution in [3.05, 3.63) is 32.2 Å². The average Bonchev–Trinajstić information content (AvgIpc) is 1.96. The van der Waals surface area contributed by atoms with Gasteiger partial charge in [0.05, 0.1) is 5.02 Å². The van der Waals surface area contributed by atoms with Gasteiger partial charge in [-0.2, -0.15) is 0 Å². The Labute approximate surface area is 88.3 Å². The highest BCUT2D eigenvalue weighted by atomic mass is 79.9. The zero-order valence-corrected chi connectivity index (χ0v) is 8.96. The molecule has 0 aromatic heterocycles. The van der Waals surface area contributed by atoms with E-state index in [9.17, 15) is 0 Å². The summed E-state index contributed by atoms with van der Waals surface area (Å²) in [5.41, 5.74) is 5.80. The third-order valence-corrected chi connectivity index (χ3v) is 2.88. The van der Waals surface area contributed by atoms with Crippen molar-refractivity contribution in [3.63, 3.8) is 0 Å². The Balaban J connectivity index is 3.37. The summed E-state index contributed by atoms with van der Waals surface area (Å²) in [6.07, 6.45) is 0. The summed E-state index contributed by atoms with van der Waals surface area (Å²) >= 11 is 14.7. The fraction of sp³-hybridized carbons (Fsp3) is 0. The van der Waals surface area contributed by atoms with Crippen LogP contribution in [-0.2, 0) is 0 Å². The Kier molecular flexibility index (Phi) is 2.99. The summed E-state index contributed by atoms with van der Waals surface area (Å²) in [4.78, 5) is 0. The van der Waals surface area contributed by atoms with E-state index in [2.05, 4.69) is 15.9 Å². The molecule has 0 bridgehead atoms. The fourth-order valence-corrected chi connectivity index (χ4v) is 1.69. The first-order valence-electron chi connectivity index (χ1n) is 3.01. The summed E-state index contributed by atoms with van der Waals surface area (Å²) in [5.74, 6) is -0.0636. The molecule has 0 heterocycles. The van der Waals surface area contributed by atoms with Crippen molar-refractivity contribution < 1.29 is 0 Å². The van der Waals surface area contributed by atoms with E-state index < -0.39 is 0 Å². The van der Waals surface area contributed by atoms with Gasteiger partial charge in [0.2, 0.25) is 0 Å². The molecule has 0 radical (unpaired) electrons. The molecule has 0 spiro atoms. The van der Waals surface area contributed by atoms with Crippen molar-refractivity contribution in [1.29, 1.82) is 5.41 Å². The first kappa shape index (κ1) is 9.84. The number of nitrogen functional groups attached to an aromatic ring is 1. The second kappa shape index (κ2) is 3.64. The third-order valence-electron chi connectivity index (χ3n) is 1.28. The molecule has 0 aliphatic rings. The molecule has 0 amide bonds. The van der Waals surface area contributed by atoms with Crippen LogP contribution in [0.4, 0.5) is 0 Å². The number of rotatable bonds is 1. The van der Waals surface area contributed by atoms with E-state index in [0.717, 1.165) is 0 Å². The van der Waals surface area contributed by atoms with Gasteiger partial charge in [-0.25, -0.2) is 0 Å². The number of nitrogens with one attached hydrogen (secondary N) is 1. The van der Waals surface area contributed by atoms with Crippen molar-refractivity contribution in [2.45, 2.75) is 0 Å². The van der Waals surface area contributed by atoms with Crippen LogP contribution in [-0.4, -0.2) is 5.84 Å². The quantitative estimate of drug-likeness (QED) is 0.459. The monoisotopic (exact) mass is 266 g/mol. The van der Waals surface area contributed by atoms with E-state index in [4.69, 9.17) is 34.3 Å². The highest BCUT2D eigenvalue weighted by molar-refractivity contribution is 9.10.